The molecule has 0 bridgehead atoms. The topological polar surface area (TPSA) is 56.6 Å². The van der Waals surface area contributed by atoms with E-state index in [1.807, 2.05) is 27.1 Å². The average Bonchev–Trinajstić information content (AvgIpc) is 3.06. The summed E-state index contributed by atoms with van der Waals surface area (Å²) in [6, 6.07) is 4.69. The van der Waals surface area contributed by atoms with E-state index >= 15 is 0 Å². The molecule has 29 heavy (non-hydrogen) atoms. The highest BCUT2D eigenvalue weighted by Crippen LogP contribution is 2.30. The molecule has 1 aromatic carbocycles. The summed E-state index contributed by atoms with van der Waals surface area (Å²) in [6.07, 6.45) is -0.125. The zero-order valence-electron chi connectivity index (χ0n) is 17.0. The van der Waals surface area contributed by atoms with Crippen molar-refractivity contribution in [2.24, 2.45) is 7.05 Å². The van der Waals surface area contributed by atoms with Gasteiger partial charge in [-0.05, 0) is 38.0 Å². The first-order chi connectivity index (χ1) is 13.6. The number of carbonyl (C=O) groups excluding carboxylic acids is 1. The molecule has 0 saturated carbocycles. The van der Waals surface area contributed by atoms with Crippen molar-refractivity contribution in [2.75, 3.05) is 13.7 Å². The van der Waals surface area contributed by atoms with E-state index in [9.17, 15) is 18.0 Å². The molecule has 1 amide bonds. The first-order valence-electron chi connectivity index (χ1n) is 9.22. The van der Waals surface area contributed by atoms with Crippen LogP contribution in [0.2, 0.25) is 0 Å². The van der Waals surface area contributed by atoms with Crippen LogP contribution in [0.25, 0.3) is 0 Å². The maximum atomic E-state index is 12.7. The Balaban J connectivity index is 2.00. The molecule has 2 rings (SSSR count). The van der Waals surface area contributed by atoms with Crippen molar-refractivity contribution >= 4 is 5.91 Å². The number of aromatic nitrogens is 2. The molecular weight excluding hydrogens is 387 g/mol. The predicted molar refractivity (Wildman–Crippen MR) is 102 cm³/mol. The van der Waals surface area contributed by atoms with Crippen LogP contribution < -0.4 is 9.47 Å². The maximum Gasteiger partial charge on any atom is 0.422 e. The number of hydrogen-bond acceptors (Lipinski definition) is 4. The lowest BCUT2D eigenvalue weighted by molar-refractivity contribution is -0.153. The van der Waals surface area contributed by atoms with Gasteiger partial charge < -0.3 is 14.4 Å². The van der Waals surface area contributed by atoms with Crippen LogP contribution in [0.1, 0.15) is 31.4 Å². The van der Waals surface area contributed by atoms with Gasteiger partial charge in [-0.15, -0.1) is 0 Å². The fourth-order valence-electron chi connectivity index (χ4n) is 2.85. The zero-order valence-corrected chi connectivity index (χ0v) is 17.0. The van der Waals surface area contributed by atoms with Gasteiger partial charge in [0.15, 0.2) is 18.1 Å². The van der Waals surface area contributed by atoms with E-state index in [1.54, 1.807) is 27.9 Å². The Hall–Kier alpha value is -2.71. The summed E-state index contributed by atoms with van der Waals surface area (Å²) < 4.78 is 48.6. The SMILES string of the molecule is COc1cc(CCC(=O)N(Cc2cnn(C)c2)C(C)C)ccc1OCC(F)(F)F. The second-order valence-electron chi connectivity index (χ2n) is 7.03. The Morgan fingerprint density at radius 1 is 1.24 bits per heavy atom. The van der Waals surface area contributed by atoms with E-state index in [2.05, 4.69) is 5.10 Å². The largest absolute Gasteiger partial charge is 0.493 e. The van der Waals surface area contributed by atoms with Crippen molar-refractivity contribution in [3.63, 3.8) is 0 Å². The second kappa shape index (κ2) is 9.67. The lowest BCUT2D eigenvalue weighted by atomic mass is 10.1. The summed E-state index contributed by atoms with van der Waals surface area (Å²) in [7, 11) is 3.18. The minimum Gasteiger partial charge on any atom is -0.493 e. The molecule has 0 spiro atoms. The molecule has 0 atom stereocenters. The smallest absolute Gasteiger partial charge is 0.422 e. The van der Waals surface area contributed by atoms with E-state index in [0.717, 1.165) is 11.1 Å². The molecule has 0 unspecified atom stereocenters. The van der Waals surface area contributed by atoms with Gasteiger partial charge in [-0.2, -0.15) is 18.3 Å². The number of carbonyl (C=O) groups is 1. The molecule has 9 heteroatoms. The van der Waals surface area contributed by atoms with Crippen LogP contribution in [0, 0.1) is 0 Å². The number of amides is 1. The second-order valence-corrected chi connectivity index (χ2v) is 7.03. The molecular formula is C20H26F3N3O3. The van der Waals surface area contributed by atoms with Crippen molar-refractivity contribution < 1.29 is 27.4 Å². The molecule has 1 aromatic heterocycles. The van der Waals surface area contributed by atoms with E-state index in [4.69, 9.17) is 9.47 Å². The van der Waals surface area contributed by atoms with Crippen molar-refractivity contribution in [3.8, 4) is 11.5 Å². The first kappa shape index (κ1) is 22.6. The van der Waals surface area contributed by atoms with Gasteiger partial charge in [-0.1, -0.05) is 6.07 Å². The van der Waals surface area contributed by atoms with Crippen LogP contribution in [0.3, 0.4) is 0 Å². The predicted octanol–water partition coefficient (Wildman–Crippen LogP) is 3.74. The van der Waals surface area contributed by atoms with E-state index in [-0.39, 0.29) is 29.9 Å². The lowest BCUT2D eigenvalue weighted by Gasteiger charge is -2.26. The van der Waals surface area contributed by atoms with Gasteiger partial charge in [0.2, 0.25) is 5.91 Å². The Bertz CT molecular complexity index is 819. The minimum atomic E-state index is -4.43. The van der Waals surface area contributed by atoms with Gasteiger partial charge in [-0.3, -0.25) is 9.48 Å². The Labute approximate surface area is 168 Å². The Kier molecular flexibility index (Phi) is 7.53. The quantitative estimate of drug-likeness (QED) is 0.629. The highest BCUT2D eigenvalue weighted by Gasteiger charge is 2.29. The van der Waals surface area contributed by atoms with Gasteiger partial charge in [-0.25, -0.2) is 0 Å². The number of aryl methyl sites for hydroxylation is 2. The summed E-state index contributed by atoms with van der Waals surface area (Å²) in [5.41, 5.74) is 1.72. The molecule has 0 saturated heterocycles. The first-order valence-corrected chi connectivity index (χ1v) is 9.22. The summed E-state index contributed by atoms with van der Waals surface area (Å²) in [5, 5.41) is 4.12. The van der Waals surface area contributed by atoms with Crippen LogP contribution >= 0.6 is 0 Å². The van der Waals surface area contributed by atoms with Gasteiger partial charge in [0.25, 0.3) is 0 Å². The molecule has 160 valence electrons. The lowest BCUT2D eigenvalue weighted by Crippen LogP contribution is -2.36. The molecule has 0 aliphatic carbocycles. The monoisotopic (exact) mass is 413 g/mol. The fourth-order valence-corrected chi connectivity index (χ4v) is 2.85. The zero-order chi connectivity index (χ0) is 21.6. The highest BCUT2D eigenvalue weighted by molar-refractivity contribution is 5.76. The number of benzene rings is 1. The van der Waals surface area contributed by atoms with E-state index < -0.39 is 12.8 Å². The number of methoxy groups -OCH3 is 1. The van der Waals surface area contributed by atoms with E-state index in [0.29, 0.717) is 13.0 Å². The highest BCUT2D eigenvalue weighted by atomic mass is 19.4. The molecule has 0 N–H and O–H groups in total. The minimum absolute atomic E-state index is 0.0137. The van der Waals surface area contributed by atoms with Gasteiger partial charge >= 0.3 is 6.18 Å². The fraction of sp³-hybridized carbons (Fsp3) is 0.500. The van der Waals surface area contributed by atoms with Crippen molar-refractivity contribution in [3.05, 3.63) is 41.7 Å². The summed E-state index contributed by atoms with van der Waals surface area (Å²) >= 11 is 0. The third kappa shape index (κ3) is 6.99. The molecule has 6 nitrogen and oxygen atoms in total. The van der Waals surface area contributed by atoms with Crippen LogP contribution in [-0.2, 0) is 24.8 Å². The van der Waals surface area contributed by atoms with Crippen LogP contribution in [0.5, 0.6) is 11.5 Å². The number of alkyl halides is 3. The summed E-state index contributed by atoms with van der Waals surface area (Å²) in [5.74, 6) is 0.204. The van der Waals surface area contributed by atoms with Crippen LogP contribution in [0.4, 0.5) is 13.2 Å². The maximum absolute atomic E-state index is 12.7. The average molecular weight is 413 g/mol. The summed E-state index contributed by atoms with van der Waals surface area (Å²) in [4.78, 5) is 14.5. The van der Waals surface area contributed by atoms with Crippen molar-refractivity contribution in [1.29, 1.82) is 0 Å². The third-order valence-corrected chi connectivity index (χ3v) is 4.30. The molecule has 0 fully saturated rings. The van der Waals surface area contributed by atoms with Crippen molar-refractivity contribution in [2.45, 2.75) is 45.5 Å². The molecule has 2 aromatic rings. The normalized spacial score (nSPS) is 11.6. The number of nitrogens with zero attached hydrogens (tertiary/aromatic N) is 3. The molecule has 0 radical (unpaired) electrons. The standard InChI is InChI=1S/C20H26F3N3O3/c1-14(2)26(12-16-10-24-25(3)11-16)19(27)8-6-15-5-7-17(18(9-15)28-4)29-13-20(21,22)23/h5,7,9-11,14H,6,8,12-13H2,1-4H3. The van der Waals surface area contributed by atoms with Crippen molar-refractivity contribution in [1.82, 2.24) is 14.7 Å². The third-order valence-electron chi connectivity index (χ3n) is 4.30. The number of rotatable bonds is 9. The Morgan fingerprint density at radius 3 is 2.52 bits per heavy atom. The van der Waals surface area contributed by atoms with E-state index in [1.165, 1.54) is 13.2 Å². The molecule has 0 aliphatic rings. The molecule has 1 heterocycles. The van der Waals surface area contributed by atoms with Crippen LogP contribution in [0.15, 0.2) is 30.6 Å². The Morgan fingerprint density at radius 2 is 1.97 bits per heavy atom. The number of hydrogen-bond donors (Lipinski definition) is 0. The van der Waals surface area contributed by atoms with Crippen LogP contribution in [-0.4, -0.2) is 46.5 Å². The van der Waals surface area contributed by atoms with Gasteiger partial charge in [0.05, 0.1) is 13.3 Å². The molecule has 0 aliphatic heterocycles. The van der Waals surface area contributed by atoms with Gasteiger partial charge in [0, 0.05) is 37.8 Å². The summed E-state index contributed by atoms with van der Waals surface area (Å²) in [6.45, 7) is 2.98. The van der Waals surface area contributed by atoms with Gasteiger partial charge in [0.1, 0.15) is 0 Å². The number of halogens is 3. The number of ether oxygens (including phenoxy) is 2.